The highest BCUT2D eigenvalue weighted by atomic mass is 35.5. The number of halogens is 1. The standard InChI is InChI=1S/C8H8ClNO/c1-5(11)6-2-3-8(10)7(9)4-6/h2-4,11H,1,10H2. The lowest BCUT2D eigenvalue weighted by molar-refractivity contribution is 0.514. The van der Waals surface area contributed by atoms with Gasteiger partial charge in [-0.05, 0) is 18.2 Å². The number of anilines is 1. The Morgan fingerprint density at radius 3 is 2.64 bits per heavy atom. The van der Waals surface area contributed by atoms with E-state index in [-0.39, 0.29) is 5.76 Å². The van der Waals surface area contributed by atoms with Gasteiger partial charge in [-0.3, -0.25) is 0 Å². The average molecular weight is 170 g/mol. The predicted octanol–water partition coefficient (Wildman–Crippen LogP) is 2.45. The van der Waals surface area contributed by atoms with E-state index in [0.29, 0.717) is 16.3 Å². The van der Waals surface area contributed by atoms with Crippen molar-refractivity contribution in [1.82, 2.24) is 0 Å². The zero-order valence-corrected chi connectivity index (χ0v) is 6.60. The summed E-state index contributed by atoms with van der Waals surface area (Å²) in [7, 11) is 0. The van der Waals surface area contributed by atoms with Gasteiger partial charge in [-0.1, -0.05) is 18.2 Å². The van der Waals surface area contributed by atoms with E-state index in [0.717, 1.165) is 0 Å². The SMILES string of the molecule is C=C(O)c1ccc(N)c(Cl)c1. The van der Waals surface area contributed by atoms with Crippen LogP contribution in [0.1, 0.15) is 5.56 Å². The first-order valence-corrected chi connectivity index (χ1v) is 3.42. The molecule has 0 saturated heterocycles. The maximum absolute atomic E-state index is 8.95. The molecule has 58 valence electrons. The molecule has 11 heavy (non-hydrogen) atoms. The van der Waals surface area contributed by atoms with Crippen LogP contribution >= 0.6 is 11.6 Å². The summed E-state index contributed by atoms with van der Waals surface area (Å²) < 4.78 is 0. The van der Waals surface area contributed by atoms with Crippen LogP contribution in [0.5, 0.6) is 0 Å². The Kier molecular flexibility index (Phi) is 2.06. The number of hydrogen-bond acceptors (Lipinski definition) is 2. The van der Waals surface area contributed by atoms with E-state index in [9.17, 15) is 0 Å². The fraction of sp³-hybridized carbons (Fsp3) is 0. The van der Waals surface area contributed by atoms with Gasteiger partial charge < -0.3 is 10.8 Å². The van der Waals surface area contributed by atoms with E-state index in [1.807, 2.05) is 0 Å². The van der Waals surface area contributed by atoms with Gasteiger partial charge in [0.2, 0.25) is 0 Å². The summed E-state index contributed by atoms with van der Waals surface area (Å²) >= 11 is 5.68. The minimum atomic E-state index is -0.00750. The fourth-order valence-electron chi connectivity index (χ4n) is 0.707. The van der Waals surface area contributed by atoms with Crippen molar-refractivity contribution < 1.29 is 5.11 Å². The van der Waals surface area contributed by atoms with E-state index >= 15 is 0 Å². The third-order valence-corrected chi connectivity index (χ3v) is 1.66. The van der Waals surface area contributed by atoms with Crippen molar-refractivity contribution in [2.24, 2.45) is 0 Å². The van der Waals surface area contributed by atoms with Crippen LogP contribution in [-0.2, 0) is 0 Å². The zero-order chi connectivity index (χ0) is 8.43. The van der Waals surface area contributed by atoms with Crippen molar-refractivity contribution >= 4 is 23.0 Å². The Morgan fingerprint density at radius 2 is 2.18 bits per heavy atom. The van der Waals surface area contributed by atoms with Crippen LogP contribution in [0.4, 0.5) is 5.69 Å². The molecule has 3 N–H and O–H groups in total. The summed E-state index contributed by atoms with van der Waals surface area (Å²) in [5.41, 5.74) is 6.53. The van der Waals surface area contributed by atoms with E-state index in [1.54, 1.807) is 18.2 Å². The lowest BCUT2D eigenvalue weighted by Gasteiger charge is -2.00. The van der Waals surface area contributed by atoms with Gasteiger partial charge in [0.25, 0.3) is 0 Å². The molecule has 0 aromatic heterocycles. The zero-order valence-electron chi connectivity index (χ0n) is 5.84. The molecule has 2 nitrogen and oxygen atoms in total. The number of aliphatic hydroxyl groups is 1. The molecule has 0 unspecified atom stereocenters. The molecule has 0 aliphatic heterocycles. The largest absolute Gasteiger partial charge is 0.508 e. The topological polar surface area (TPSA) is 46.2 Å². The van der Waals surface area contributed by atoms with Crippen molar-refractivity contribution in [3.05, 3.63) is 35.4 Å². The van der Waals surface area contributed by atoms with Crippen LogP contribution in [0, 0.1) is 0 Å². The highest BCUT2D eigenvalue weighted by molar-refractivity contribution is 6.33. The van der Waals surface area contributed by atoms with Crippen LogP contribution in [0.15, 0.2) is 24.8 Å². The summed E-state index contributed by atoms with van der Waals surface area (Å²) in [6, 6.07) is 4.85. The number of nitrogens with two attached hydrogens (primary N) is 1. The van der Waals surface area contributed by atoms with Crippen molar-refractivity contribution in [2.45, 2.75) is 0 Å². The number of rotatable bonds is 1. The second-order valence-electron chi connectivity index (χ2n) is 2.18. The summed E-state index contributed by atoms with van der Waals surface area (Å²) in [4.78, 5) is 0. The first-order chi connectivity index (χ1) is 5.11. The Bertz CT molecular complexity index is 296. The maximum atomic E-state index is 8.95. The highest BCUT2D eigenvalue weighted by Gasteiger charge is 1.99. The molecule has 0 spiro atoms. The van der Waals surface area contributed by atoms with E-state index < -0.39 is 0 Å². The van der Waals surface area contributed by atoms with Gasteiger partial charge in [-0.15, -0.1) is 0 Å². The fourth-order valence-corrected chi connectivity index (χ4v) is 0.887. The molecular weight excluding hydrogens is 162 g/mol. The monoisotopic (exact) mass is 169 g/mol. The second kappa shape index (κ2) is 2.84. The summed E-state index contributed by atoms with van der Waals surface area (Å²) in [5.74, 6) is -0.00750. The number of hydrogen-bond donors (Lipinski definition) is 2. The Labute approximate surface area is 69.9 Å². The van der Waals surface area contributed by atoms with Crippen LogP contribution in [0.3, 0.4) is 0 Å². The van der Waals surface area contributed by atoms with Gasteiger partial charge in [-0.25, -0.2) is 0 Å². The molecule has 1 rings (SSSR count). The van der Waals surface area contributed by atoms with Crippen molar-refractivity contribution in [3.63, 3.8) is 0 Å². The average Bonchev–Trinajstić information content (AvgIpc) is 1.94. The summed E-state index contributed by atoms with van der Waals surface area (Å²) in [6.45, 7) is 3.35. The predicted molar refractivity (Wildman–Crippen MR) is 47.5 cm³/mol. The molecule has 0 aliphatic rings. The molecular formula is C8H8ClNO. The van der Waals surface area contributed by atoms with Crippen molar-refractivity contribution in [3.8, 4) is 0 Å². The summed E-state index contributed by atoms with van der Waals surface area (Å²) in [6.07, 6.45) is 0. The van der Waals surface area contributed by atoms with Gasteiger partial charge in [0.15, 0.2) is 0 Å². The normalized spacial score (nSPS) is 9.55. The number of benzene rings is 1. The third-order valence-electron chi connectivity index (χ3n) is 1.33. The third kappa shape index (κ3) is 1.65. The van der Waals surface area contributed by atoms with Crippen LogP contribution in [-0.4, -0.2) is 5.11 Å². The van der Waals surface area contributed by atoms with E-state index in [4.69, 9.17) is 22.4 Å². The number of nitrogen functional groups attached to an aromatic ring is 1. The van der Waals surface area contributed by atoms with E-state index in [2.05, 4.69) is 6.58 Å². The van der Waals surface area contributed by atoms with Gasteiger partial charge in [-0.2, -0.15) is 0 Å². The quantitative estimate of drug-likeness (QED) is 0.501. The second-order valence-corrected chi connectivity index (χ2v) is 2.59. The van der Waals surface area contributed by atoms with E-state index in [1.165, 1.54) is 0 Å². The molecule has 1 aromatic rings. The lowest BCUT2D eigenvalue weighted by atomic mass is 10.2. The molecule has 0 heterocycles. The molecule has 0 atom stereocenters. The Hall–Kier alpha value is -1.15. The molecule has 0 radical (unpaired) electrons. The van der Waals surface area contributed by atoms with Crippen molar-refractivity contribution in [1.29, 1.82) is 0 Å². The molecule has 0 aliphatic carbocycles. The highest BCUT2D eigenvalue weighted by Crippen LogP contribution is 2.21. The molecule has 0 amide bonds. The van der Waals surface area contributed by atoms with Crippen LogP contribution in [0.2, 0.25) is 5.02 Å². The minimum absolute atomic E-state index is 0.00750. The molecule has 3 heteroatoms. The molecule has 0 bridgehead atoms. The van der Waals surface area contributed by atoms with Gasteiger partial charge in [0.1, 0.15) is 5.76 Å². The first-order valence-electron chi connectivity index (χ1n) is 3.04. The maximum Gasteiger partial charge on any atom is 0.115 e. The molecule has 1 aromatic carbocycles. The smallest absolute Gasteiger partial charge is 0.115 e. The lowest BCUT2D eigenvalue weighted by Crippen LogP contribution is -1.87. The first kappa shape index (κ1) is 7.95. The summed E-state index contributed by atoms with van der Waals surface area (Å²) in [5, 5.41) is 9.37. The molecule has 0 saturated carbocycles. The van der Waals surface area contributed by atoms with Gasteiger partial charge in [0.05, 0.1) is 10.7 Å². The number of aliphatic hydroxyl groups excluding tert-OH is 1. The Morgan fingerprint density at radius 1 is 1.55 bits per heavy atom. The van der Waals surface area contributed by atoms with Gasteiger partial charge in [0, 0.05) is 5.56 Å². The Balaban J connectivity index is 3.15. The molecule has 0 fully saturated rings. The van der Waals surface area contributed by atoms with Gasteiger partial charge >= 0.3 is 0 Å². The van der Waals surface area contributed by atoms with Crippen LogP contribution in [0.25, 0.3) is 5.76 Å². The van der Waals surface area contributed by atoms with Crippen LogP contribution < -0.4 is 5.73 Å². The van der Waals surface area contributed by atoms with Crippen molar-refractivity contribution in [2.75, 3.05) is 5.73 Å². The minimum Gasteiger partial charge on any atom is -0.508 e.